The van der Waals surface area contributed by atoms with Gasteiger partial charge in [-0.05, 0) is 54.3 Å². The van der Waals surface area contributed by atoms with E-state index < -0.39 is 0 Å². The SMILES string of the molecule is Cc1ccccc1C(=O)NCC(c1ccc(N(C)C)cc1)N1CCc2ccccc21. The van der Waals surface area contributed by atoms with E-state index in [1.165, 1.54) is 22.5 Å². The molecule has 0 saturated carbocycles. The summed E-state index contributed by atoms with van der Waals surface area (Å²) in [5, 5.41) is 3.19. The van der Waals surface area contributed by atoms with E-state index in [-0.39, 0.29) is 11.9 Å². The van der Waals surface area contributed by atoms with Crippen LogP contribution < -0.4 is 15.1 Å². The molecule has 4 heteroatoms. The van der Waals surface area contributed by atoms with Gasteiger partial charge in [0.2, 0.25) is 0 Å². The van der Waals surface area contributed by atoms with E-state index in [2.05, 4.69) is 63.6 Å². The highest BCUT2D eigenvalue weighted by molar-refractivity contribution is 5.95. The third kappa shape index (κ3) is 4.04. The van der Waals surface area contributed by atoms with Gasteiger partial charge in [-0.15, -0.1) is 0 Å². The van der Waals surface area contributed by atoms with Gasteiger partial charge in [-0.25, -0.2) is 0 Å². The van der Waals surface area contributed by atoms with Gasteiger partial charge in [0.15, 0.2) is 0 Å². The summed E-state index contributed by atoms with van der Waals surface area (Å²) >= 11 is 0. The molecule has 1 aliphatic rings. The Labute approximate surface area is 179 Å². The Balaban J connectivity index is 1.61. The highest BCUT2D eigenvalue weighted by Gasteiger charge is 2.27. The van der Waals surface area contributed by atoms with Gasteiger partial charge in [0.1, 0.15) is 0 Å². The molecule has 1 unspecified atom stereocenters. The van der Waals surface area contributed by atoms with Crippen LogP contribution in [0.3, 0.4) is 0 Å². The second-order valence-corrected chi connectivity index (χ2v) is 8.10. The number of nitrogens with zero attached hydrogens (tertiary/aromatic N) is 2. The summed E-state index contributed by atoms with van der Waals surface area (Å²) in [6, 6.07) is 25.1. The number of hydrogen-bond acceptors (Lipinski definition) is 3. The van der Waals surface area contributed by atoms with E-state index >= 15 is 0 Å². The molecule has 0 bridgehead atoms. The Kier molecular flexibility index (Phi) is 5.75. The molecule has 1 atom stereocenters. The number of amides is 1. The van der Waals surface area contributed by atoms with E-state index in [0.717, 1.165) is 24.1 Å². The number of carbonyl (C=O) groups excluding carboxylic acids is 1. The molecular weight excluding hydrogens is 370 g/mol. The first-order valence-electron chi connectivity index (χ1n) is 10.5. The van der Waals surface area contributed by atoms with Crippen LogP contribution in [0.2, 0.25) is 0 Å². The van der Waals surface area contributed by atoms with Crippen LogP contribution in [0.25, 0.3) is 0 Å². The van der Waals surface area contributed by atoms with Crippen molar-refractivity contribution >= 4 is 17.3 Å². The number of rotatable bonds is 6. The molecule has 4 rings (SSSR count). The highest BCUT2D eigenvalue weighted by atomic mass is 16.1. The van der Waals surface area contributed by atoms with Crippen LogP contribution in [0.4, 0.5) is 11.4 Å². The maximum atomic E-state index is 12.9. The fourth-order valence-corrected chi connectivity index (χ4v) is 4.20. The molecule has 30 heavy (non-hydrogen) atoms. The minimum atomic E-state index is -0.0181. The quantitative estimate of drug-likeness (QED) is 0.658. The fraction of sp³-hybridized carbons (Fsp3) is 0.269. The van der Waals surface area contributed by atoms with Gasteiger partial charge in [-0.2, -0.15) is 0 Å². The van der Waals surface area contributed by atoms with E-state index in [9.17, 15) is 4.79 Å². The van der Waals surface area contributed by atoms with Gasteiger partial charge < -0.3 is 15.1 Å². The van der Waals surface area contributed by atoms with Crippen molar-refractivity contribution in [2.75, 3.05) is 37.0 Å². The van der Waals surface area contributed by atoms with Crippen molar-refractivity contribution in [1.82, 2.24) is 5.32 Å². The molecule has 0 saturated heterocycles. The van der Waals surface area contributed by atoms with Crippen LogP contribution in [0.5, 0.6) is 0 Å². The summed E-state index contributed by atoms with van der Waals surface area (Å²) in [7, 11) is 4.09. The lowest BCUT2D eigenvalue weighted by Gasteiger charge is -2.31. The standard InChI is InChI=1S/C26H29N3O/c1-19-8-4-6-10-23(19)26(30)27-18-25(21-12-14-22(15-13-21)28(2)3)29-17-16-20-9-5-7-11-24(20)29/h4-15,25H,16-18H2,1-3H3,(H,27,30). The molecule has 3 aromatic carbocycles. The largest absolute Gasteiger partial charge is 0.378 e. The number of benzene rings is 3. The van der Waals surface area contributed by atoms with E-state index in [0.29, 0.717) is 6.54 Å². The minimum absolute atomic E-state index is 0.0181. The van der Waals surface area contributed by atoms with Gasteiger partial charge in [0, 0.05) is 44.1 Å². The Bertz CT molecular complexity index is 1030. The highest BCUT2D eigenvalue weighted by Crippen LogP contribution is 2.35. The van der Waals surface area contributed by atoms with Crippen LogP contribution in [-0.4, -0.2) is 33.1 Å². The molecule has 1 amide bonds. The molecule has 0 spiro atoms. The third-order valence-corrected chi connectivity index (χ3v) is 5.94. The first kappa shape index (κ1) is 20.0. The predicted molar refractivity (Wildman–Crippen MR) is 125 cm³/mol. The molecule has 0 fully saturated rings. The summed E-state index contributed by atoms with van der Waals surface area (Å²) in [5.41, 5.74) is 6.75. The molecule has 1 aliphatic heterocycles. The summed E-state index contributed by atoms with van der Waals surface area (Å²) in [6.45, 7) is 3.49. The minimum Gasteiger partial charge on any atom is -0.378 e. The summed E-state index contributed by atoms with van der Waals surface area (Å²) < 4.78 is 0. The maximum Gasteiger partial charge on any atom is 0.251 e. The lowest BCUT2D eigenvalue weighted by Crippen LogP contribution is -2.37. The van der Waals surface area contributed by atoms with Crippen LogP contribution >= 0.6 is 0 Å². The number of hydrogen-bond donors (Lipinski definition) is 1. The number of aryl methyl sites for hydroxylation is 1. The van der Waals surface area contributed by atoms with E-state index in [1.54, 1.807) is 0 Å². The van der Waals surface area contributed by atoms with E-state index in [4.69, 9.17) is 0 Å². The van der Waals surface area contributed by atoms with Gasteiger partial charge >= 0.3 is 0 Å². The normalized spacial score (nSPS) is 13.6. The van der Waals surface area contributed by atoms with Crippen molar-refractivity contribution in [3.05, 3.63) is 95.1 Å². The lowest BCUT2D eigenvalue weighted by molar-refractivity contribution is 0.0950. The van der Waals surface area contributed by atoms with Crippen molar-refractivity contribution in [1.29, 1.82) is 0 Å². The lowest BCUT2D eigenvalue weighted by atomic mass is 10.0. The average molecular weight is 400 g/mol. The smallest absolute Gasteiger partial charge is 0.251 e. The van der Waals surface area contributed by atoms with Gasteiger partial charge in [0.05, 0.1) is 6.04 Å². The Morgan fingerprint density at radius 3 is 2.43 bits per heavy atom. The van der Waals surface area contributed by atoms with Crippen molar-refractivity contribution in [3.63, 3.8) is 0 Å². The number of nitrogens with one attached hydrogen (secondary N) is 1. The van der Waals surface area contributed by atoms with Gasteiger partial charge in [-0.1, -0.05) is 48.5 Å². The predicted octanol–water partition coefficient (Wildman–Crippen LogP) is 4.59. The second kappa shape index (κ2) is 8.62. The van der Waals surface area contributed by atoms with Crippen LogP contribution in [-0.2, 0) is 6.42 Å². The van der Waals surface area contributed by atoms with Crippen LogP contribution in [0, 0.1) is 6.92 Å². The van der Waals surface area contributed by atoms with Crippen molar-refractivity contribution < 1.29 is 4.79 Å². The number of fused-ring (bicyclic) bond motifs is 1. The fourth-order valence-electron chi connectivity index (χ4n) is 4.20. The molecule has 0 aromatic heterocycles. The molecular formula is C26H29N3O. The molecule has 1 N–H and O–H groups in total. The molecule has 1 heterocycles. The topological polar surface area (TPSA) is 35.6 Å². The van der Waals surface area contributed by atoms with Crippen molar-refractivity contribution in [3.8, 4) is 0 Å². The van der Waals surface area contributed by atoms with Crippen molar-refractivity contribution in [2.24, 2.45) is 0 Å². The monoisotopic (exact) mass is 399 g/mol. The molecule has 0 radical (unpaired) electrons. The number of anilines is 2. The Hall–Kier alpha value is -3.27. The average Bonchev–Trinajstić information content (AvgIpc) is 3.18. The van der Waals surface area contributed by atoms with Gasteiger partial charge in [0.25, 0.3) is 5.91 Å². The van der Waals surface area contributed by atoms with Gasteiger partial charge in [-0.3, -0.25) is 4.79 Å². The zero-order chi connectivity index (χ0) is 21.1. The van der Waals surface area contributed by atoms with Crippen molar-refractivity contribution in [2.45, 2.75) is 19.4 Å². The molecule has 4 nitrogen and oxygen atoms in total. The molecule has 3 aromatic rings. The Morgan fingerprint density at radius 2 is 1.70 bits per heavy atom. The summed E-state index contributed by atoms with van der Waals surface area (Å²) in [4.78, 5) is 17.4. The zero-order valence-electron chi connectivity index (χ0n) is 17.9. The second-order valence-electron chi connectivity index (χ2n) is 8.10. The Morgan fingerprint density at radius 1 is 1.00 bits per heavy atom. The van der Waals surface area contributed by atoms with E-state index in [1.807, 2.05) is 45.3 Å². The number of carbonyl (C=O) groups is 1. The van der Waals surface area contributed by atoms with Crippen LogP contribution in [0.15, 0.2) is 72.8 Å². The molecule has 0 aliphatic carbocycles. The first-order chi connectivity index (χ1) is 14.5. The zero-order valence-corrected chi connectivity index (χ0v) is 17.9. The van der Waals surface area contributed by atoms with Crippen LogP contribution in [0.1, 0.15) is 33.1 Å². The third-order valence-electron chi connectivity index (χ3n) is 5.94. The maximum absolute atomic E-state index is 12.9. The summed E-state index contributed by atoms with van der Waals surface area (Å²) in [5.74, 6) is -0.0181. The number of para-hydroxylation sites is 1. The summed E-state index contributed by atoms with van der Waals surface area (Å²) in [6.07, 6.45) is 1.04. The molecule has 154 valence electrons. The first-order valence-corrected chi connectivity index (χ1v) is 10.5.